The van der Waals surface area contributed by atoms with Gasteiger partial charge in [0.15, 0.2) is 5.82 Å². The van der Waals surface area contributed by atoms with Crippen molar-refractivity contribution >= 4 is 23.1 Å². The molecule has 21 heavy (non-hydrogen) atoms. The molecule has 3 rings (SSSR count). The molecule has 0 aromatic carbocycles. The molecule has 0 saturated heterocycles. The summed E-state index contributed by atoms with van der Waals surface area (Å²) in [5, 5.41) is 11.8. The van der Waals surface area contributed by atoms with Crippen molar-refractivity contribution in [3.8, 4) is 11.3 Å². The van der Waals surface area contributed by atoms with Gasteiger partial charge in [0.2, 0.25) is 0 Å². The minimum Gasteiger partial charge on any atom is -0.304 e. The lowest BCUT2D eigenvalue weighted by Crippen LogP contribution is -2.12. The van der Waals surface area contributed by atoms with Crippen LogP contribution >= 0.6 is 11.3 Å². The summed E-state index contributed by atoms with van der Waals surface area (Å²) in [4.78, 5) is 17.0. The van der Waals surface area contributed by atoms with Gasteiger partial charge in [-0.15, -0.1) is 11.3 Å². The van der Waals surface area contributed by atoms with Crippen molar-refractivity contribution in [3.05, 3.63) is 52.5 Å². The third-order valence-electron chi connectivity index (χ3n) is 3.14. The van der Waals surface area contributed by atoms with E-state index in [1.807, 2.05) is 36.6 Å². The van der Waals surface area contributed by atoms with Gasteiger partial charge < -0.3 is 5.32 Å². The van der Waals surface area contributed by atoms with Crippen LogP contribution in [0.25, 0.3) is 11.3 Å². The summed E-state index contributed by atoms with van der Waals surface area (Å²) in [7, 11) is 0. The van der Waals surface area contributed by atoms with Crippen molar-refractivity contribution in [3.63, 3.8) is 0 Å². The van der Waals surface area contributed by atoms with Crippen LogP contribution in [0.1, 0.15) is 22.2 Å². The lowest BCUT2D eigenvalue weighted by atomic mass is 10.2. The number of hydrogen-bond donors (Lipinski definition) is 2. The third kappa shape index (κ3) is 2.85. The smallest absolute Gasteiger partial charge is 0.267 e. The Hall–Kier alpha value is -2.47. The topological polar surface area (TPSA) is 70.7 Å². The number of nitrogens with zero attached hydrogens (tertiary/aromatic N) is 2. The predicted octanol–water partition coefficient (Wildman–Crippen LogP) is 3.35. The zero-order valence-electron chi connectivity index (χ0n) is 11.5. The number of anilines is 1. The lowest BCUT2D eigenvalue weighted by molar-refractivity contribution is 0.102. The number of carbonyl (C=O) groups excluding carboxylic acids is 1. The fraction of sp³-hybridized carbons (Fsp3) is 0.133. The standard InChI is InChI=1S/C15H14N4OS/c1-2-10-5-8-21-14(10)15(20)17-13-9-12(18-19-13)11-3-6-16-7-4-11/h3-9H,2H2,1H3,(H2,17,18,19,20). The van der Waals surface area contributed by atoms with E-state index in [1.165, 1.54) is 11.3 Å². The Balaban J connectivity index is 1.77. The number of carbonyl (C=O) groups is 1. The molecule has 5 nitrogen and oxygen atoms in total. The van der Waals surface area contributed by atoms with Crippen molar-refractivity contribution in [2.24, 2.45) is 0 Å². The van der Waals surface area contributed by atoms with Crippen molar-refractivity contribution in [1.82, 2.24) is 15.2 Å². The maximum absolute atomic E-state index is 12.2. The first-order chi connectivity index (χ1) is 10.3. The molecule has 0 saturated carbocycles. The van der Waals surface area contributed by atoms with Gasteiger partial charge in [0, 0.05) is 24.0 Å². The minimum atomic E-state index is -0.116. The number of amides is 1. The zero-order valence-corrected chi connectivity index (χ0v) is 12.3. The molecule has 0 spiro atoms. The fourth-order valence-electron chi connectivity index (χ4n) is 2.05. The Morgan fingerprint density at radius 2 is 2.14 bits per heavy atom. The van der Waals surface area contributed by atoms with Crippen LogP contribution in [0.5, 0.6) is 0 Å². The SMILES string of the molecule is CCc1ccsc1C(=O)Nc1cc(-c2ccncc2)[nH]n1. The molecule has 0 atom stereocenters. The molecule has 0 bridgehead atoms. The van der Waals surface area contributed by atoms with Gasteiger partial charge in [0.05, 0.1) is 10.6 Å². The lowest BCUT2D eigenvalue weighted by Gasteiger charge is -2.01. The molecule has 3 aromatic rings. The molecular weight excluding hydrogens is 284 g/mol. The van der Waals surface area contributed by atoms with E-state index in [0.717, 1.165) is 28.1 Å². The summed E-state index contributed by atoms with van der Waals surface area (Å²) in [6.45, 7) is 2.04. The number of aryl methyl sites for hydroxylation is 1. The van der Waals surface area contributed by atoms with Crippen LogP contribution in [0.15, 0.2) is 42.0 Å². The van der Waals surface area contributed by atoms with Crippen molar-refractivity contribution in [2.75, 3.05) is 5.32 Å². The average molecular weight is 298 g/mol. The van der Waals surface area contributed by atoms with E-state index >= 15 is 0 Å². The normalized spacial score (nSPS) is 10.5. The summed E-state index contributed by atoms with van der Waals surface area (Å²) >= 11 is 1.45. The van der Waals surface area contributed by atoms with Gasteiger partial charge in [-0.1, -0.05) is 6.92 Å². The van der Waals surface area contributed by atoms with Gasteiger partial charge >= 0.3 is 0 Å². The Bertz CT molecular complexity index is 748. The first-order valence-corrected chi connectivity index (χ1v) is 7.49. The van der Waals surface area contributed by atoms with Crippen molar-refractivity contribution in [2.45, 2.75) is 13.3 Å². The molecule has 0 aliphatic carbocycles. The Kier molecular flexibility index (Phi) is 3.79. The second kappa shape index (κ2) is 5.88. The molecule has 0 fully saturated rings. The number of nitrogens with one attached hydrogen (secondary N) is 2. The highest BCUT2D eigenvalue weighted by Crippen LogP contribution is 2.21. The molecule has 3 aromatic heterocycles. The molecular formula is C15H14N4OS. The fourth-order valence-corrected chi connectivity index (χ4v) is 2.94. The maximum atomic E-state index is 12.2. The van der Waals surface area contributed by atoms with E-state index in [2.05, 4.69) is 20.5 Å². The molecule has 0 radical (unpaired) electrons. The van der Waals surface area contributed by atoms with Gasteiger partial charge in [0.1, 0.15) is 0 Å². The molecule has 3 heterocycles. The summed E-state index contributed by atoms with van der Waals surface area (Å²) < 4.78 is 0. The van der Waals surface area contributed by atoms with Crippen LogP contribution in [-0.2, 0) is 6.42 Å². The third-order valence-corrected chi connectivity index (χ3v) is 4.10. The number of pyridine rings is 1. The molecule has 1 amide bonds. The van der Waals surface area contributed by atoms with Crippen molar-refractivity contribution < 1.29 is 4.79 Å². The highest BCUT2D eigenvalue weighted by atomic mass is 32.1. The Morgan fingerprint density at radius 1 is 1.33 bits per heavy atom. The number of aromatic nitrogens is 3. The first-order valence-electron chi connectivity index (χ1n) is 6.61. The first kappa shape index (κ1) is 13.5. The summed E-state index contributed by atoms with van der Waals surface area (Å²) in [5.74, 6) is 0.400. The van der Waals surface area contributed by atoms with E-state index in [4.69, 9.17) is 0 Å². The maximum Gasteiger partial charge on any atom is 0.267 e. The molecule has 106 valence electrons. The van der Waals surface area contributed by atoms with Crippen LogP contribution in [0.3, 0.4) is 0 Å². The van der Waals surface area contributed by atoms with E-state index in [9.17, 15) is 4.79 Å². The molecule has 0 unspecified atom stereocenters. The number of thiophene rings is 1. The van der Waals surface area contributed by atoms with Crippen LogP contribution in [0.4, 0.5) is 5.82 Å². The number of rotatable bonds is 4. The van der Waals surface area contributed by atoms with E-state index in [-0.39, 0.29) is 5.91 Å². The summed E-state index contributed by atoms with van der Waals surface area (Å²) in [6, 6.07) is 7.56. The van der Waals surface area contributed by atoms with Crippen LogP contribution in [-0.4, -0.2) is 21.1 Å². The van der Waals surface area contributed by atoms with Gasteiger partial charge in [0.25, 0.3) is 5.91 Å². The Labute approximate surface area is 126 Å². The van der Waals surface area contributed by atoms with Crippen molar-refractivity contribution in [1.29, 1.82) is 0 Å². The Morgan fingerprint density at radius 3 is 2.90 bits per heavy atom. The molecule has 0 aliphatic heterocycles. The highest BCUT2D eigenvalue weighted by Gasteiger charge is 2.13. The van der Waals surface area contributed by atoms with Gasteiger partial charge in [-0.3, -0.25) is 14.9 Å². The number of aromatic amines is 1. The molecule has 0 aliphatic rings. The monoisotopic (exact) mass is 298 g/mol. The summed E-state index contributed by atoms with van der Waals surface area (Å²) in [6.07, 6.45) is 4.27. The second-order valence-electron chi connectivity index (χ2n) is 4.49. The number of hydrogen-bond acceptors (Lipinski definition) is 4. The van der Waals surface area contributed by atoms with E-state index in [0.29, 0.717) is 5.82 Å². The van der Waals surface area contributed by atoms with E-state index in [1.54, 1.807) is 12.4 Å². The second-order valence-corrected chi connectivity index (χ2v) is 5.40. The zero-order chi connectivity index (χ0) is 14.7. The predicted molar refractivity (Wildman–Crippen MR) is 83.5 cm³/mol. The largest absolute Gasteiger partial charge is 0.304 e. The van der Waals surface area contributed by atoms with Crippen LogP contribution in [0.2, 0.25) is 0 Å². The van der Waals surface area contributed by atoms with Gasteiger partial charge in [-0.05, 0) is 35.6 Å². The van der Waals surface area contributed by atoms with Crippen LogP contribution in [0, 0.1) is 0 Å². The average Bonchev–Trinajstić information content (AvgIpc) is 3.16. The van der Waals surface area contributed by atoms with E-state index < -0.39 is 0 Å². The minimum absolute atomic E-state index is 0.116. The van der Waals surface area contributed by atoms with Gasteiger partial charge in [-0.25, -0.2) is 0 Å². The molecule has 6 heteroatoms. The summed E-state index contributed by atoms with van der Waals surface area (Å²) in [5.41, 5.74) is 2.88. The van der Waals surface area contributed by atoms with Crippen LogP contribution < -0.4 is 5.32 Å². The quantitative estimate of drug-likeness (QED) is 0.776. The van der Waals surface area contributed by atoms with Gasteiger partial charge in [-0.2, -0.15) is 5.10 Å². The number of H-pyrrole nitrogens is 1. The molecule has 2 N–H and O–H groups in total. The highest BCUT2D eigenvalue weighted by molar-refractivity contribution is 7.12.